The lowest BCUT2D eigenvalue weighted by atomic mass is 9.90. The summed E-state index contributed by atoms with van der Waals surface area (Å²) in [7, 11) is -2.25. The van der Waals surface area contributed by atoms with E-state index in [0.717, 1.165) is 12.8 Å². The molecule has 3 rings (SSSR count). The molecule has 1 saturated carbocycles. The minimum Gasteiger partial charge on any atom is -0.489 e. The first-order valence-corrected chi connectivity index (χ1v) is 12.0. The number of ether oxygens (including phenoxy) is 2. The van der Waals surface area contributed by atoms with Crippen LogP contribution in [0.1, 0.15) is 42.5 Å². The third-order valence-corrected chi connectivity index (χ3v) is 6.67. The van der Waals surface area contributed by atoms with Crippen molar-refractivity contribution in [3.63, 3.8) is 0 Å². The van der Waals surface area contributed by atoms with Gasteiger partial charge in [0.25, 0.3) is 5.91 Å². The van der Waals surface area contributed by atoms with E-state index < -0.39 is 15.9 Å². The van der Waals surface area contributed by atoms with Gasteiger partial charge in [-0.15, -0.1) is 0 Å². The Kier molecular flexibility index (Phi) is 8.39. The minimum absolute atomic E-state index is 0.00560. The Hall–Kier alpha value is -2.49. The fraction of sp³-hybridized carbons (Fsp3) is 0.455. The number of carbonyl (C=O) groups excluding carboxylic acids is 1. The predicted molar refractivity (Wildman–Crippen MR) is 118 cm³/mol. The second kappa shape index (κ2) is 11.2. The van der Waals surface area contributed by atoms with Gasteiger partial charge in [0, 0.05) is 25.4 Å². The van der Waals surface area contributed by atoms with Crippen LogP contribution in [0.3, 0.4) is 0 Å². The van der Waals surface area contributed by atoms with Gasteiger partial charge >= 0.3 is 0 Å². The molecular weight excluding hydrogens is 418 g/mol. The van der Waals surface area contributed by atoms with Crippen molar-refractivity contribution in [3.05, 3.63) is 48.2 Å². The minimum atomic E-state index is -3.74. The van der Waals surface area contributed by atoms with Gasteiger partial charge in [-0.1, -0.05) is 25.3 Å². The second-order valence-electron chi connectivity index (χ2n) is 7.54. The number of rotatable bonds is 10. The molecule has 2 aromatic rings. The molecule has 1 aliphatic carbocycles. The van der Waals surface area contributed by atoms with Crippen molar-refractivity contribution in [2.24, 2.45) is 5.92 Å². The highest BCUT2D eigenvalue weighted by atomic mass is 32.2. The topological polar surface area (TPSA) is 107 Å². The lowest BCUT2D eigenvalue weighted by molar-refractivity contribution is 0.102. The zero-order chi connectivity index (χ0) is 22.1. The van der Waals surface area contributed by atoms with E-state index in [0.29, 0.717) is 24.1 Å². The van der Waals surface area contributed by atoms with Gasteiger partial charge in [0.05, 0.1) is 18.1 Å². The molecule has 31 heavy (non-hydrogen) atoms. The van der Waals surface area contributed by atoms with Gasteiger partial charge in [-0.3, -0.25) is 4.79 Å². The van der Waals surface area contributed by atoms with Crippen molar-refractivity contribution in [1.82, 2.24) is 9.71 Å². The first-order chi connectivity index (χ1) is 15.0. The lowest BCUT2D eigenvalue weighted by Crippen LogP contribution is -2.27. The molecule has 9 heteroatoms. The molecule has 0 unspecified atom stereocenters. The Bertz CT molecular complexity index is 975. The Labute approximate surface area is 183 Å². The average Bonchev–Trinajstić information content (AvgIpc) is 2.79. The van der Waals surface area contributed by atoms with E-state index in [-0.39, 0.29) is 23.6 Å². The summed E-state index contributed by atoms with van der Waals surface area (Å²) in [5, 5.41) is 2.74. The van der Waals surface area contributed by atoms with E-state index in [1.165, 1.54) is 44.6 Å². The van der Waals surface area contributed by atoms with Crippen molar-refractivity contribution in [2.45, 2.75) is 37.0 Å². The van der Waals surface area contributed by atoms with E-state index in [2.05, 4.69) is 15.0 Å². The van der Waals surface area contributed by atoms with Crippen molar-refractivity contribution >= 4 is 21.7 Å². The number of sulfonamides is 1. The van der Waals surface area contributed by atoms with Crippen LogP contribution in [0.4, 0.5) is 5.82 Å². The van der Waals surface area contributed by atoms with E-state index in [9.17, 15) is 13.2 Å². The maximum absolute atomic E-state index is 12.8. The molecule has 2 N–H and O–H groups in total. The van der Waals surface area contributed by atoms with Crippen LogP contribution in [0.15, 0.2) is 47.5 Å². The molecule has 0 spiro atoms. The quantitative estimate of drug-likeness (QED) is 0.542. The largest absolute Gasteiger partial charge is 0.489 e. The van der Waals surface area contributed by atoms with Gasteiger partial charge in [0.1, 0.15) is 0 Å². The van der Waals surface area contributed by atoms with E-state index in [1.807, 2.05) is 0 Å². The standard InChI is InChI=1S/C22H29N3O5S/c1-29-14-13-24-31(27,28)19-10-5-9-18(15-19)22(26)25-21-20(11-6-12-23-21)30-16-17-7-3-2-4-8-17/h5-6,9-12,15,17,24H,2-4,7-8,13-14,16H2,1H3,(H,23,25,26). The van der Waals surface area contributed by atoms with Crippen LogP contribution in [-0.4, -0.2) is 46.2 Å². The second-order valence-corrected chi connectivity index (χ2v) is 9.30. The van der Waals surface area contributed by atoms with Gasteiger partial charge < -0.3 is 14.8 Å². The third-order valence-electron chi connectivity index (χ3n) is 5.21. The highest BCUT2D eigenvalue weighted by molar-refractivity contribution is 7.89. The van der Waals surface area contributed by atoms with Crippen LogP contribution >= 0.6 is 0 Å². The first kappa shape index (κ1) is 23.2. The third kappa shape index (κ3) is 6.75. The van der Waals surface area contributed by atoms with Crippen molar-refractivity contribution in [1.29, 1.82) is 0 Å². The summed E-state index contributed by atoms with van der Waals surface area (Å²) in [6, 6.07) is 9.37. The smallest absolute Gasteiger partial charge is 0.256 e. The maximum Gasteiger partial charge on any atom is 0.256 e. The van der Waals surface area contributed by atoms with E-state index >= 15 is 0 Å². The summed E-state index contributed by atoms with van der Waals surface area (Å²) >= 11 is 0. The van der Waals surface area contributed by atoms with Gasteiger partial charge in [0.15, 0.2) is 11.6 Å². The highest BCUT2D eigenvalue weighted by Crippen LogP contribution is 2.27. The molecule has 1 aromatic heterocycles. The Morgan fingerprint density at radius 1 is 1.16 bits per heavy atom. The fourth-order valence-corrected chi connectivity index (χ4v) is 4.57. The van der Waals surface area contributed by atoms with Crippen LogP contribution in [0.25, 0.3) is 0 Å². The number of hydrogen-bond donors (Lipinski definition) is 2. The lowest BCUT2D eigenvalue weighted by Gasteiger charge is -2.22. The number of pyridine rings is 1. The molecule has 0 aliphatic heterocycles. The number of hydrogen-bond acceptors (Lipinski definition) is 6. The van der Waals surface area contributed by atoms with Gasteiger partial charge in [-0.2, -0.15) is 0 Å². The molecule has 1 amide bonds. The number of carbonyl (C=O) groups is 1. The Morgan fingerprint density at radius 2 is 1.97 bits per heavy atom. The molecule has 1 aromatic carbocycles. The molecule has 0 atom stereocenters. The molecule has 1 aliphatic rings. The van der Waals surface area contributed by atoms with Gasteiger partial charge in [-0.25, -0.2) is 18.1 Å². The van der Waals surface area contributed by atoms with Crippen LogP contribution in [0, 0.1) is 5.92 Å². The molecular formula is C22H29N3O5S. The van der Waals surface area contributed by atoms with Crippen LogP contribution in [-0.2, 0) is 14.8 Å². The molecule has 1 heterocycles. The average molecular weight is 448 g/mol. The van der Waals surface area contributed by atoms with Crippen molar-refractivity contribution in [2.75, 3.05) is 32.2 Å². The fourth-order valence-electron chi connectivity index (χ4n) is 3.51. The zero-order valence-electron chi connectivity index (χ0n) is 17.7. The number of methoxy groups -OCH3 is 1. The van der Waals surface area contributed by atoms with Gasteiger partial charge in [-0.05, 0) is 49.1 Å². The monoisotopic (exact) mass is 447 g/mol. The number of nitrogens with zero attached hydrogens (tertiary/aromatic N) is 1. The summed E-state index contributed by atoms with van der Waals surface area (Å²) in [4.78, 5) is 17.0. The van der Waals surface area contributed by atoms with Crippen LogP contribution < -0.4 is 14.8 Å². The van der Waals surface area contributed by atoms with Crippen LogP contribution in [0.2, 0.25) is 0 Å². The molecule has 0 radical (unpaired) electrons. The molecule has 1 fully saturated rings. The predicted octanol–water partition coefficient (Wildman–Crippen LogP) is 3.22. The number of anilines is 1. The number of benzene rings is 1. The molecule has 8 nitrogen and oxygen atoms in total. The Morgan fingerprint density at radius 3 is 2.74 bits per heavy atom. The summed E-state index contributed by atoms with van der Waals surface area (Å²) in [6.45, 7) is 0.989. The SMILES string of the molecule is COCCNS(=O)(=O)c1cccc(C(=O)Nc2ncccc2OCC2CCCCC2)c1. The first-order valence-electron chi connectivity index (χ1n) is 10.5. The molecule has 0 saturated heterocycles. The molecule has 0 bridgehead atoms. The molecule has 168 valence electrons. The van der Waals surface area contributed by atoms with Crippen molar-refractivity contribution < 1.29 is 22.7 Å². The van der Waals surface area contributed by atoms with E-state index in [1.54, 1.807) is 24.4 Å². The zero-order valence-corrected chi connectivity index (χ0v) is 18.5. The summed E-state index contributed by atoms with van der Waals surface area (Å²) in [6.07, 6.45) is 7.61. The normalized spacial score (nSPS) is 14.9. The highest BCUT2D eigenvalue weighted by Gasteiger charge is 2.18. The van der Waals surface area contributed by atoms with Crippen molar-refractivity contribution in [3.8, 4) is 5.75 Å². The number of aromatic nitrogens is 1. The Balaban J connectivity index is 1.67. The maximum atomic E-state index is 12.8. The number of amides is 1. The number of nitrogens with one attached hydrogen (secondary N) is 2. The van der Waals surface area contributed by atoms with E-state index in [4.69, 9.17) is 9.47 Å². The van der Waals surface area contributed by atoms with Crippen LogP contribution in [0.5, 0.6) is 5.75 Å². The summed E-state index contributed by atoms with van der Waals surface area (Å²) in [5.74, 6) is 0.876. The summed E-state index contributed by atoms with van der Waals surface area (Å²) < 4.78 is 38.0. The summed E-state index contributed by atoms with van der Waals surface area (Å²) in [5.41, 5.74) is 0.207. The van der Waals surface area contributed by atoms with Gasteiger partial charge in [0.2, 0.25) is 10.0 Å².